The Balaban J connectivity index is 1.33. The number of piperazine rings is 1. The minimum atomic E-state index is -3.21. The first-order chi connectivity index (χ1) is 17.2. The number of pyridine rings is 1. The third-order valence-electron chi connectivity index (χ3n) is 7.30. The van der Waals surface area contributed by atoms with E-state index in [1.54, 1.807) is 12.1 Å². The first-order valence-corrected chi connectivity index (χ1v) is 14.4. The third kappa shape index (κ3) is 5.09. The Labute approximate surface area is 214 Å². The molecule has 188 valence electrons. The van der Waals surface area contributed by atoms with Gasteiger partial charge in [0, 0.05) is 63.8 Å². The van der Waals surface area contributed by atoms with Gasteiger partial charge in [0.25, 0.3) is 0 Å². The predicted octanol–water partition coefficient (Wildman–Crippen LogP) is 4.84. The maximum Gasteiger partial charge on any atom is 0.175 e. The first kappa shape index (κ1) is 24.7. The molecule has 0 bridgehead atoms. The van der Waals surface area contributed by atoms with Crippen molar-refractivity contribution in [2.75, 3.05) is 32.4 Å². The van der Waals surface area contributed by atoms with Crippen LogP contribution < -0.4 is 0 Å². The van der Waals surface area contributed by atoms with Crippen LogP contribution in [0.2, 0.25) is 0 Å². The van der Waals surface area contributed by atoms with Gasteiger partial charge in [0.1, 0.15) is 0 Å². The molecule has 0 N–H and O–H groups in total. The number of rotatable bonds is 6. The second-order valence-corrected chi connectivity index (χ2v) is 12.1. The summed E-state index contributed by atoms with van der Waals surface area (Å²) in [4.78, 5) is 10.1. The molecule has 1 aliphatic rings. The molecule has 1 aliphatic heterocycles. The molecule has 0 radical (unpaired) electrons. The van der Waals surface area contributed by atoms with E-state index in [1.807, 2.05) is 25.4 Å². The van der Waals surface area contributed by atoms with Crippen LogP contribution >= 0.6 is 0 Å². The summed E-state index contributed by atoms with van der Waals surface area (Å²) >= 11 is 0. The normalized spacial score (nSPS) is 15.7. The van der Waals surface area contributed by atoms with Crippen molar-refractivity contribution < 1.29 is 8.42 Å². The van der Waals surface area contributed by atoms with E-state index in [0.29, 0.717) is 10.9 Å². The van der Waals surface area contributed by atoms with Crippen LogP contribution in [-0.4, -0.2) is 66.2 Å². The SMILES string of the molecule is CC(C)N1CCN(Cc2ccc(-c3cnc4cc(-c5ccc(S(C)(=O)=O)cc5)n(C)c4c3)cc2)CC1. The van der Waals surface area contributed by atoms with Crippen LogP contribution in [0.3, 0.4) is 0 Å². The Bertz CT molecular complexity index is 1460. The van der Waals surface area contributed by atoms with Crippen LogP contribution in [0.5, 0.6) is 0 Å². The van der Waals surface area contributed by atoms with Crippen molar-refractivity contribution in [1.82, 2.24) is 19.4 Å². The van der Waals surface area contributed by atoms with E-state index in [2.05, 4.69) is 64.6 Å². The second kappa shape index (κ2) is 9.81. The molecule has 2 aromatic carbocycles. The molecule has 0 saturated carbocycles. The summed E-state index contributed by atoms with van der Waals surface area (Å²) in [5.41, 5.74) is 7.50. The number of hydrogen-bond acceptors (Lipinski definition) is 5. The number of fused-ring (bicyclic) bond motifs is 1. The van der Waals surface area contributed by atoms with Gasteiger partial charge in [-0.25, -0.2) is 8.42 Å². The zero-order valence-electron chi connectivity index (χ0n) is 21.5. The Hall–Kier alpha value is -3.00. The van der Waals surface area contributed by atoms with Crippen molar-refractivity contribution in [1.29, 1.82) is 0 Å². The summed E-state index contributed by atoms with van der Waals surface area (Å²) in [5, 5.41) is 0. The topological polar surface area (TPSA) is 58.4 Å². The van der Waals surface area contributed by atoms with Gasteiger partial charge in [-0.15, -0.1) is 0 Å². The van der Waals surface area contributed by atoms with Crippen LogP contribution in [0.25, 0.3) is 33.4 Å². The minimum Gasteiger partial charge on any atom is -0.342 e. The van der Waals surface area contributed by atoms with Gasteiger partial charge in [0.15, 0.2) is 9.84 Å². The zero-order valence-corrected chi connectivity index (χ0v) is 22.3. The van der Waals surface area contributed by atoms with E-state index in [0.717, 1.165) is 66.1 Å². The maximum atomic E-state index is 11.8. The van der Waals surface area contributed by atoms with Crippen LogP contribution in [0, 0.1) is 0 Å². The maximum absolute atomic E-state index is 11.8. The fourth-order valence-corrected chi connectivity index (χ4v) is 5.64. The molecule has 0 aliphatic carbocycles. The monoisotopic (exact) mass is 502 g/mol. The Morgan fingerprint density at radius 1 is 0.861 bits per heavy atom. The highest BCUT2D eigenvalue weighted by Crippen LogP contribution is 2.30. The highest BCUT2D eigenvalue weighted by Gasteiger charge is 2.19. The molecule has 6 nitrogen and oxygen atoms in total. The molecular formula is C29H34N4O2S. The predicted molar refractivity (Wildman–Crippen MR) is 147 cm³/mol. The zero-order chi connectivity index (χ0) is 25.4. The van der Waals surface area contributed by atoms with Crippen LogP contribution in [-0.2, 0) is 23.4 Å². The summed E-state index contributed by atoms with van der Waals surface area (Å²) < 4.78 is 25.7. The molecule has 0 unspecified atom stereocenters. The Morgan fingerprint density at radius 2 is 1.50 bits per heavy atom. The van der Waals surface area contributed by atoms with E-state index in [1.165, 1.54) is 11.8 Å². The fourth-order valence-electron chi connectivity index (χ4n) is 5.01. The van der Waals surface area contributed by atoms with Crippen molar-refractivity contribution in [3.05, 3.63) is 72.4 Å². The van der Waals surface area contributed by atoms with Crippen molar-refractivity contribution in [3.63, 3.8) is 0 Å². The summed E-state index contributed by atoms with van der Waals surface area (Å²) in [6.07, 6.45) is 3.16. The Kier molecular flexibility index (Phi) is 6.72. The number of hydrogen-bond donors (Lipinski definition) is 0. The van der Waals surface area contributed by atoms with Crippen molar-refractivity contribution in [2.45, 2.75) is 31.3 Å². The molecule has 5 rings (SSSR count). The number of aryl methyl sites for hydroxylation is 1. The third-order valence-corrected chi connectivity index (χ3v) is 8.43. The minimum absolute atomic E-state index is 0.326. The molecule has 2 aromatic heterocycles. The largest absolute Gasteiger partial charge is 0.342 e. The lowest BCUT2D eigenvalue weighted by molar-refractivity contribution is 0.104. The fraction of sp³-hybridized carbons (Fsp3) is 0.345. The molecule has 0 spiro atoms. The van der Waals surface area contributed by atoms with E-state index in [9.17, 15) is 8.42 Å². The number of benzene rings is 2. The van der Waals surface area contributed by atoms with E-state index in [4.69, 9.17) is 4.98 Å². The molecule has 1 fully saturated rings. The van der Waals surface area contributed by atoms with Crippen molar-refractivity contribution in [2.24, 2.45) is 7.05 Å². The molecule has 4 aromatic rings. The summed E-state index contributed by atoms with van der Waals surface area (Å²) in [6.45, 7) is 10.1. The molecule has 0 atom stereocenters. The van der Waals surface area contributed by atoms with Crippen molar-refractivity contribution >= 4 is 20.9 Å². The van der Waals surface area contributed by atoms with Crippen LogP contribution in [0.1, 0.15) is 19.4 Å². The van der Waals surface area contributed by atoms with Gasteiger partial charge < -0.3 is 4.57 Å². The van der Waals surface area contributed by atoms with E-state index >= 15 is 0 Å². The average Bonchev–Trinajstić information content (AvgIpc) is 3.20. The van der Waals surface area contributed by atoms with Gasteiger partial charge >= 0.3 is 0 Å². The van der Waals surface area contributed by atoms with Crippen LogP contribution in [0.4, 0.5) is 0 Å². The number of nitrogens with zero attached hydrogens (tertiary/aromatic N) is 4. The summed E-state index contributed by atoms with van der Waals surface area (Å²) in [7, 11) is -1.19. The molecular weight excluding hydrogens is 468 g/mol. The van der Waals surface area contributed by atoms with Gasteiger partial charge in [-0.2, -0.15) is 0 Å². The van der Waals surface area contributed by atoms with Crippen molar-refractivity contribution in [3.8, 4) is 22.4 Å². The lowest BCUT2D eigenvalue weighted by Crippen LogP contribution is -2.48. The van der Waals surface area contributed by atoms with Gasteiger partial charge in [-0.3, -0.25) is 14.8 Å². The molecule has 3 heterocycles. The highest BCUT2D eigenvalue weighted by molar-refractivity contribution is 7.90. The molecule has 7 heteroatoms. The molecule has 0 amide bonds. The van der Waals surface area contributed by atoms with E-state index in [-0.39, 0.29) is 0 Å². The van der Waals surface area contributed by atoms with E-state index < -0.39 is 9.84 Å². The quantitative estimate of drug-likeness (QED) is 0.378. The van der Waals surface area contributed by atoms with Gasteiger partial charge in [0.2, 0.25) is 0 Å². The second-order valence-electron chi connectivity index (χ2n) is 10.1. The number of sulfone groups is 1. The molecule has 1 saturated heterocycles. The van der Waals surface area contributed by atoms with Gasteiger partial charge in [-0.05, 0) is 54.8 Å². The van der Waals surface area contributed by atoms with Gasteiger partial charge in [-0.1, -0.05) is 36.4 Å². The lowest BCUT2D eigenvalue weighted by atomic mass is 10.0. The number of aromatic nitrogens is 2. The highest BCUT2D eigenvalue weighted by atomic mass is 32.2. The van der Waals surface area contributed by atoms with Crippen LogP contribution in [0.15, 0.2) is 71.8 Å². The average molecular weight is 503 g/mol. The standard InChI is InChI=1S/C29H34N4O2S/c1-21(2)33-15-13-32(14-16-33)20-22-5-7-23(8-6-22)25-17-29-27(30-19-25)18-28(31(29)3)24-9-11-26(12-10-24)36(4,34)35/h5-12,17-19,21H,13-16,20H2,1-4H3. The van der Waals surface area contributed by atoms with Gasteiger partial charge in [0.05, 0.1) is 21.6 Å². The molecule has 36 heavy (non-hydrogen) atoms. The lowest BCUT2D eigenvalue weighted by Gasteiger charge is -2.36. The summed E-state index contributed by atoms with van der Waals surface area (Å²) in [5.74, 6) is 0. The Morgan fingerprint density at radius 3 is 2.11 bits per heavy atom. The first-order valence-electron chi connectivity index (χ1n) is 12.5. The smallest absolute Gasteiger partial charge is 0.175 e. The summed E-state index contributed by atoms with van der Waals surface area (Å²) in [6, 6.07) is 20.7.